The monoisotopic (exact) mass is 340 g/mol. The molecule has 26 heavy (non-hydrogen) atoms. The van der Waals surface area contributed by atoms with Gasteiger partial charge in [-0.1, -0.05) is 61.5 Å². The van der Waals surface area contributed by atoms with Gasteiger partial charge in [0.2, 0.25) is 0 Å². The van der Waals surface area contributed by atoms with E-state index in [2.05, 4.69) is 74.5 Å². The molecule has 0 radical (unpaired) electrons. The maximum Gasteiger partial charge on any atom is 0.121 e. The largest absolute Gasteiger partial charge is 0.507 e. The number of hydrogen-bond donors (Lipinski definition) is 1. The predicted molar refractivity (Wildman–Crippen MR) is 111 cm³/mol. The van der Waals surface area contributed by atoms with E-state index in [9.17, 15) is 5.11 Å². The van der Waals surface area contributed by atoms with Crippen molar-refractivity contribution in [3.8, 4) is 5.75 Å². The molecule has 4 rings (SSSR count). The van der Waals surface area contributed by atoms with Crippen LogP contribution in [0, 0.1) is 13.8 Å². The smallest absolute Gasteiger partial charge is 0.121 e. The summed E-state index contributed by atoms with van der Waals surface area (Å²) in [6.07, 6.45) is 1.73. The molecular formula is C25H24O. The highest BCUT2D eigenvalue weighted by Crippen LogP contribution is 2.34. The summed E-state index contributed by atoms with van der Waals surface area (Å²) in [4.78, 5) is 0. The Morgan fingerprint density at radius 3 is 1.92 bits per heavy atom. The van der Waals surface area contributed by atoms with Crippen molar-refractivity contribution in [3.63, 3.8) is 0 Å². The summed E-state index contributed by atoms with van der Waals surface area (Å²) in [5.74, 6) is 0.455. The maximum absolute atomic E-state index is 10.4. The van der Waals surface area contributed by atoms with E-state index >= 15 is 0 Å². The lowest BCUT2D eigenvalue weighted by atomic mass is 9.88. The van der Waals surface area contributed by atoms with Crippen LogP contribution >= 0.6 is 0 Å². The van der Waals surface area contributed by atoms with Crippen molar-refractivity contribution >= 4 is 21.5 Å². The highest BCUT2D eigenvalue weighted by molar-refractivity contribution is 6.02. The van der Waals surface area contributed by atoms with E-state index in [-0.39, 0.29) is 0 Å². The Morgan fingerprint density at radius 2 is 1.35 bits per heavy atom. The predicted octanol–water partition coefficient (Wildman–Crippen LogP) is 6.47. The quantitative estimate of drug-likeness (QED) is 0.424. The van der Waals surface area contributed by atoms with Gasteiger partial charge in [0.15, 0.2) is 0 Å². The normalized spacial score (nSPS) is 11.3. The number of phenolic OH excluding ortho intramolecular Hbond substituents is 1. The minimum Gasteiger partial charge on any atom is -0.507 e. The van der Waals surface area contributed by atoms with Gasteiger partial charge in [-0.15, -0.1) is 0 Å². The molecule has 0 amide bonds. The molecule has 0 saturated carbocycles. The molecule has 0 aliphatic carbocycles. The number of aromatic hydroxyl groups is 1. The molecular weight excluding hydrogens is 316 g/mol. The number of fused-ring (bicyclic) bond motifs is 2. The number of hydrogen-bond acceptors (Lipinski definition) is 1. The van der Waals surface area contributed by atoms with E-state index in [1.165, 1.54) is 38.2 Å². The van der Waals surface area contributed by atoms with E-state index in [1.54, 1.807) is 0 Å². The fourth-order valence-corrected chi connectivity index (χ4v) is 4.15. The number of phenols is 1. The summed E-state index contributed by atoms with van der Waals surface area (Å²) in [6, 6.07) is 21.7. The molecule has 1 heteroatoms. The second kappa shape index (κ2) is 6.49. The van der Waals surface area contributed by atoms with Gasteiger partial charge >= 0.3 is 0 Å². The standard InChI is InChI=1S/C25H24O/c1-4-21-17(3)20(13-16(2)25(21)26)15-24-22-11-7-5-9-18(22)14-19-10-6-8-12-23(19)24/h5-14,26H,4,15H2,1-3H3. The fraction of sp³-hybridized carbons (Fsp3) is 0.200. The molecule has 0 heterocycles. The van der Waals surface area contributed by atoms with Crippen molar-refractivity contribution in [1.82, 2.24) is 0 Å². The number of rotatable bonds is 3. The Labute approximate surface area is 154 Å². The SMILES string of the molecule is CCc1c(C)c(Cc2c3ccccc3cc3ccccc23)cc(C)c1O. The van der Waals surface area contributed by atoms with E-state index in [0.717, 1.165) is 24.0 Å². The van der Waals surface area contributed by atoms with Gasteiger partial charge in [-0.05, 0) is 82.1 Å². The van der Waals surface area contributed by atoms with Crippen molar-refractivity contribution in [2.45, 2.75) is 33.6 Å². The summed E-state index contributed by atoms with van der Waals surface area (Å²) in [5.41, 5.74) is 5.93. The molecule has 0 spiro atoms. The average molecular weight is 340 g/mol. The molecule has 0 unspecified atom stereocenters. The Kier molecular flexibility index (Phi) is 4.16. The van der Waals surface area contributed by atoms with Crippen LogP contribution in [0.4, 0.5) is 0 Å². The van der Waals surface area contributed by atoms with E-state index in [1.807, 2.05) is 6.92 Å². The molecule has 1 N–H and O–H groups in total. The van der Waals surface area contributed by atoms with E-state index in [4.69, 9.17) is 0 Å². The highest BCUT2D eigenvalue weighted by atomic mass is 16.3. The zero-order chi connectivity index (χ0) is 18.3. The molecule has 4 aromatic carbocycles. The lowest BCUT2D eigenvalue weighted by Gasteiger charge is -2.17. The van der Waals surface area contributed by atoms with Crippen LogP contribution in [-0.4, -0.2) is 5.11 Å². The molecule has 4 aromatic rings. The summed E-state index contributed by atoms with van der Waals surface area (Å²) < 4.78 is 0. The van der Waals surface area contributed by atoms with Crippen LogP contribution < -0.4 is 0 Å². The van der Waals surface area contributed by atoms with Crippen LogP contribution in [0.2, 0.25) is 0 Å². The van der Waals surface area contributed by atoms with Gasteiger partial charge in [-0.25, -0.2) is 0 Å². The maximum atomic E-state index is 10.4. The van der Waals surface area contributed by atoms with Gasteiger partial charge in [0, 0.05) is 0 Å². The van der Waals surface area contributed by atoms with Crippen LogP contribution in [0.3, 0.4) is 0 Å². The van der Waals surface area contributed by atoms with Crippen LogP contribution in [0.25, 0.3) is 21.5 Å². The molecule has 0 bridgehead atoms. The molecule has 0 aliphatic rings. The average Bonchev–Trinajstić information content (AvgIpc) is 2.66. The zero-order valence-corrected chi connectivity index (χ0v) is 15.6. The van der Waals surface area contributed by atoms with Crippen molar-refractivity contribution in [1.29, 1.82) is 0 Å². The van der Waals surface area contributed by atoms with Crippen LogP contribution in [0.15, 0.2) is 60.7 Å². The minimum atomic E-state index is 0.455. The Hall–Kier alpha value is -2.80. The summed E-state index contributed by atoms with van der Waals surface area (Å²) in [5, 5.41) is 15.6. The van der Waals surface area contributed by atoms with Crippen molar-refractivity contribution in [3.05, 3.63) is 88.5 Å². The highest BCUT2D eigenvalue weighted by Gasteiger charge is 2.14. The molecule has 0 aliphatic heterocycles. The lowest BCUT2D eigenvalue weighted by Crippen LogP contribution is -2.00. The number of aryl methyl sites for hydroxylation is 1. The van der Waals surface area contributed by atoms with E-state index < -0.39 is 0 Å². The fourth-order valence-electron chi connectivity index (χ4n) is 4.15. The Bertz CT molecular complexity index is 1070. The van der Waals surface area contributed by atoms with Gasteiger partial charge in [-0.2, -0.15) is 0 Å². The van der Waals surface area contributed by atoms with Gasteiger partial charge < -0.3 is 5.11 Å². The second-order valence-electron chi connectivity index (χ2n) is 7.13. The summed E-state index contributed by atoms with van der Waals surface area (Å²) >= 11 is 0. The first kappa shape index (κ1) is 16.7. The molecule has 0 saturated heterocycles. The molecule has 0 aromatic heterocycles. The first-order valence-corrected chi connectivity index (χ1v) is 9.30. The van der Waals surface area contributed by atoms with Crippen LogP contribution in [0.5, 0.6) is 5.75 Å². The topological polar surface area (TPSA) is 20.2 Å². The zero-order valence-electron chi connectivity index (χ0n) is 15.6. The van der Waals surface area contributed by atoms with Crippen molar-refractivity contribution in [2.75, 3.05) is 0 Å². The van der Waals surface area contributed by atoms with Crippen molar-refractivity contribution in [2.24, 2.45) is 0 Å². The third-order valence-corrected chi connectivity index (χ3v) is 5.59. The third kappa shape index (κ3) is 2.64. The van der Waals surface area contributed by atoms with Crippen LogP contribution in [-0.2, 0) is 12.8 Å². The molecule has 1 nitrogen and oxygen atoms in total. The Balaban J connectivity index is 1.99. The first-order chi connectivity index (χ1) is 12.6. The Morgan fingerprint density at radius 1 is 0.769 bits per heavy atom. The van der Waals surface area contributed by atoms with Gasteiger partial charge in [0.1, 0.15) is 5.75 Å². The first-order valence-electron chi connectivity index (χ1n) is 9.30. The van der Waals surface area contributed by atoms with E-state index in [0.29, 0.717) is 5.75 Å². The van der Waals surface area contributed by atoms with Crippen molar-refractivity contribution < 1.29 is 5.11 Å². The van der Waals surface area contributed by atoms with Crippen LogP contribution in [0.1, 0.15) is 34.7 Å². The molecule has 130 valence electrons. The third-order valence-electron chi connectivity index (χ3n) is 5.59. The molecule has 0 atom stereocenters. The molecule has 0 fully saturated rings. The van der Waals surface area contributed by atoms with Gasteiger partial charge in [-0.3, -0.25) is 0 Å². The van der Waals surface area contributed by atoms with Gasteiger partial charge in [0.25, 0.3) is 0 Å². The van der Waals surface area contributed by atoms with Gasteiger partial charge in [0.05, 0.1) is 0 Å². The summed E-state index contributed by atoms with van der Waals surface area (Å²) in [6.45, 7) is 6.25. The lowest BCUT2D eigenvalue weighted by molar-refractivity contribution is 0.463. The minimum absolute atomic E-state index is 0.455. The summed E-state index contributed by atoms with van der Waals surface area (Å²) in [7, 11) is 0. The number of benzene rings is 4. The second-order valence-corrected chi connectivity index (χ2v) is 7.13.